The highest BCUT2D eigenvalue weighted by Crippen LogP contribution is 2.14. The van der Waals surface area contributed by atoms with E-state index >= 15 is 0 Å². The van der Waals surface area contributed by atoms with E-state index in [1.54, 1.807) is 55.0 Å². The fourth-order valence-electron chi connectivity index (χ4n) is 2.80. The van der Waals surface area contributed by atoms with E-state index in [2.05, 4.69) is 10.3 Å². The maximum absolute atomic E-state index is 12.7. The van der Waals surface area contributed by atoms with Gasteiger partial charge >= 0.3 is 0 Å². The maximum Gasteiger partial charge on any atom is 0.260 e. The van der Waals surface area contributed by atoms with E-state index in [4.69, 9.17) is 9.15 Å². The van der Waals surface area contributed by atoms with Gasteiger partial charge in [-0.25, -0.2) is 0 Å². The molecule has 28 heavy (non-hydrogen) atoms. The Morgan fingerprint density at radius 2 is 2.25 bits per heavy atom. The van der Waals surface area contributed by atoms with Crippen LogP contribution in [0.4, 0.5) is 0 Å². The third-order valence-corrected chi connectivity index (χ3v) is 5.26. The van der Waals surface area contributed by atoms with Crippen molar-refractivity contribution >= 4 is 28.6 Å². The van der Waals surface area contributed by atoms with Crippen LogP contribution < -0.4 is 10.9 Å². The minimum Gasteiger partial charge on any atom is -0.468 e. The Labute approximate surface area is 167 Å². The number of fused-ring (bicyclic) bond motifs is 1. The van der Waals surface area contributed by atoms with Gasteiger partial charge in [0.1, 0.15) is 5.76 Å². The second kappa shape index (κ2) is 9.57. The largest absolute Gasteiger partial charge is 0.468 e. The molecule has 0 aliphatic heterocycles. The molecule has 1 amide bonds. The molecule has 0 aromatic carbocycles. The molecule has 8 heteroatoms. The number of carbonyl (C=O) groups is 1. The number of hydrogen-bond donors (Lipinski definition) is 1. The Bertz CT molecular complexity index is 999. The SMILES string of the molecule is COCCn1ccc2nc(C)c(C(=O)NCCSCc3ccco3)cc2c1=O. The highest BCUT2D eigenvalue weighted by Gasteiger charge is 2.14. The van der Waals surface area contributed by atoms with Gasteiger partial charge in [0.25, 0.3) is 11.5 Å². The van der Waals surface area contributed by atoms with E-state index in [-0.39, 0.29) is 11.5 Å². The minimum atomic E-state index is -0.225. The molecular formula is C20H23N3O4S. The first kappa shape index (κ1) is 20.2. The van der Waals surface area contributed by atoms with E-state index in [0.717, 1.165) is 17.3 Å². The summed E-state index contributed by atoms with van der Waals surface area (Å²) in [6, 6.07) is 7.20. The van der Waals surface area contributed by atoms with Gasteiger partial charge in [-0.05, 0) is 31.2 Å². The van der Waals surface area contributed by atoms with Gasteiger partial charge in [-0.3, -0.25) is 14.6 Å². The number of furan rings is 1. The first-order chi connectivity index (χ1) is 13.6. The van der Waals surface area contributed by atoms with Crippen molar-refractivity contribution in [1.29, 1.82) is 0 Å². The molecule has 1 N–H and O–H groups in total. The van der Waals surface area contributed by atoms with Crippen molar-refractivity contribution in [2.45, 2.75) is 19.2 Å². The highest BCUT2D eigenvalue weighted by atomic mass is 32.2. The van der Waals surface area contributed by atoms with Crippen LogP contribution >= 0.6 is 11.8 Å². The smallest absolute Gasteiger partial charge is 0.260 e. The zero-order valence-electron chi connectivity index (χ0n) is 15.9. The lowest BCUT2D eigenvalue weighted by molar-refractivity contribution is 0.0955. The fraction of sp³-hybridized carbons (Fsp3) is 0.350. The van der Waals surface area contributed by atoms with Crippen LogP contribution in [0.1, 0.15) is 21.8 Å². The summed E-state index contributed by atoms with van der Waals surface area (Å²) >= 11 is 1.68. The normalized spacial score (nSPS) is 11.1. The molecule has 0 spiro atoms. The van der Waals surface area contributed by atoms with Crippen LogP contribution in [-0.4, -0.2) is 41.5 Å². The number of amides is 1. The van der Waals surface area contributed by atoms with Crippen LogP contribution in [0.5, 0.6) is 0 Å². The van der Waals surface area contributed by atoms with Crippen molar-refractivity contribution in [3.63, 3.8) is 0 Å². The van der Waals surface area contributed by atoms with Crippen LogP contribution in [0.25, 0.3) is 10.9 Å². The summed E-state index contributed by atoms with van der Waals surface area (Å²) in [4.78, 5) is 29.7. The summed E-state index contributed by atoms with van der Waals surface area (Å²) in [7, 11) is 1.59. The van der Waals surface area contributed by atoms with Gasteiger partial charge in [0, 0.05) is 32.1 Å². The van der Waals surface area contributed by atoms with Gasteiger partial charge in [-0.1, -0.05) is 0 Å². The molecule has 0 fully saturated rings. The molecule has 0 atom stereocenters. The fourth-order valence-corrected chi connectivity index (χ4v) is 3.56. The van der Waals surface area contributed by atoms with E-state index in [1.165, 1.54) is 0 Å². The Kier molecular flexibility index (Phi) is 6.89. The molecule has 148 valence electrons. The maximum atomic E-state index is 12.7. The number of rotatable bonds is 9. The van der Waals surface area contributed by atoms with Crippen LogP contribution in [0.2, 0.25) is 0 Å². The predicted molar refractivity (Wildman–Crippen MR) is 110 cm³/mol. The standard InChI is InChI=1S/C20H23N3O4S/c1-14-16(19(24)21-6-11-28-13-15-4-3-9-27-15)12-17-18(22-14)5-7-23(20(17)25)8-10-26-2/h3-5,7,9,12H,6,8,10-11,13H2,1-2H3,(H,21,24). The molecule has 0 radical (unpaired) electrons. The number of hydrogen-bond acceptors (Lipinski definition) is 6. The van der Waals surface area contributed by atoms with Gasteiger partial charge in [0.05, 0.1) is 40.8 Å². The summed E-state index contributed by atoms with van der Waals surface area (Å²) in [5.74, 6) is 2.21. The number of nitrogens with one attached hydrogen (secondary N) is 1. The average molecular weight is 401 g/mol. The second-order valence-corrected chi connectivity index (χ2v) is 7.35. The number of aryl methyl sites for hydroxylation is 1. The molecule has 3 rings (SSSR count). The Balaban J connectivity index is 1.66. The third-order valence-electron chi connectivity index (χ3n) is 4.28. The lowest BCUT2D eigenvalue weighted by Gasteiger charge is -2.10. The predicted octanol–water partition coefficient (Wildman–Crippen LogP) is 2.61. The van der Waals surface area contributed by atoms with Crippen molar-refractivity contribution in [2.24, 2.45) is 0 Å². The molecular weight excluding hydrogens is 378 g/mol. The molecule has 3 heterocycles. The first-order valence-corrected chi connectivity index (χ1v) is 10.1. The summed E-state index contributed by atoms with van der Waals surface area (Å²) in [5.41, 5.74) is 1.43. The zero-order chi connectivity index (χ0) is 19.9. The number of carbonyl (C=O) groups excluding carboxylic acids is 1. The van der Waals surface area contributed by atoms with E-state index in [9.17, 15) is 9.59 Å². The summed E-state index contributed by atoms with van der Waals surface area (Å²) in [6.07, 6.45) is 3.35. The number of aromatic nitrogens is 2. The van der Waals surface area contributed by atoms with Gasteiger partial charge < -0.3 is 19.0 Å². The molecule has 7 nitrogen and oxygen atoms in total. The average Bonchev–Trinajstić information content (AvgIpc) is 3.20. The van der Waals surface area contributed by atoms with Crippen LogP contribution in [0.3, 0.4) is 0 Å². The number of nitrogens with zero attached hydrogens (tertiary/aromatic N) is 2. The molecule has 3 aromatic heterocycles. The van der Waals surface area contributed by atoms with Crippen molar-refractivity contribution < 1.29 is 13.9 Å². The first-order valence-electron chi connectivity index (χ1n) is 8.98. The number of ether oxygens (including phenoxy) is 1. The monoisotopic (exact) mass is 401 g/mol. The second-order valence-electron chi connectivity index (χ2n) is 6.25. The van der Waals surface area contributed by atoms with Gasteiger partial charge in [-0.15, -0.1) is 0 Å². The lowest BCUT2D eigenvalue weighted by Crippen LogP contribution is -2.27. The van der Waals surface area contributed by atoms with E-state index < -0.39 is 0 Å². The molecule has 0 saturated heterocycles. The number of pyridine rings is 2. The highest BCUT2D eigenvalue weighted by molar-refractivity contribution is 7.98. The zero-order valence-corrected chi connectivity index (χ0v) is 16.8. The van der Waals surface area contributed by atoms with Crippen LogP contribution in [0, 0.1) is 6.92 Å². The summed E-state index contributed by atoms with van der Waals surface area (Å²) < 4.78 is 11.9. The Hall–Kier alpha value is -2.58. The Morgan fingerprint density at radius 3 is 3.00 bits per heavy atom. The van der Waals surface area contributed by atoms with Crippen molar-refractivity contribution in [1.82, 2.24) is 14.9 Å². The molecule has 0 bridgehead atoms. The Morgan fingerprint density at radius 1 is 1.39 bits per heavy atom. The molecule has 0 unspecified atom stereocenters. The molecule has 0 aliphatic rings. The van der Waals surface area contributed by atoms with Gasteiger partial charge in [0.15, 0.2) is 0 Å². The summed E-state index contributed by atoms with van der Waals surface area (Å²) in [6.45, 7) is 3.19. The van der Waals surface area contributed by atoms with Crippen LogP contribution in [-0.2, 0) is 17.0 Å². The van der Waals surface area contributed by atoms with Crippen molar-refractivity contribution in [2.75, 3.05) is 26.0 Å². The number of thioether (sulfide) groups is 1. The number of methoxy groups -OCH3 is 1. The minimum absolute atomic E-state index is 0.176. The van der Waals surface area contributed by atoms with Gasteiger partial charge in [0.2, 0.25) is 0 Å². The molecule has 3 aromatic rings. The van der Waals surface area contributed by atoms with Crippen molar-refractivity contribution in [3.8, 4) is 0 Å². The quantitative estimate of drug-likeness (QED) is 0.555. The van der Waals surface area contributed by atoms with Gasteiger partial charge in [-0.2, -0.15) is 11.8 Å². The van der Waals surface area contributed by atoms with E-state index in [1.807, 2.05) is 12.1 Å². The lowest BCUT2D eigenvalue weighted by atomic mass is 10.1. The topological polar surface area (TPSA) is 86.4 Å². The molecule has 0 saturated carbocycles. The molecule has 0 aliphatic carbocycles. The third kappa shape index (κ3) is 4.82. The van der Waals surface area contributed by atoms with E-state index in [0.29, 0.717) is 41.9 Å². The van der Waals surface area contributed by atoms with Crippen molar-refractivity contribution in [3.05, 3.63) is 64.1 Å². The van der Waals surface area contributed by atoms with Crippen LogP contribution in [0.15, 0.2) is 45.9 Å². The summed E-state index contributed by atoms with van der Waals surface area (Å²) in [5, 5.41) is 3.33.